The normalized spacial score (nSPS) is 30.0. The summed E-state index contributed by atoms with van der Waals surface area (Å²) in [5, 5.41) is 8.90. The zero-order valence-electron chi connectivity index (χ0n) is 4.70. The second-order valence-electron chi connectivity index (χ2n) is 1.74. The minimum atomic E-state index is -0.190. The molecule has 2 nitrogen and oxygen atoms in total. The van der Waals surface area contributed by atoms with Crippen molar-refractivity contribution in [1.29, 1.82) is 0 Å². The molecular formula is C4H10BrNOS. The van der Waals surface area contributed by atoms with Crippen molar-refractivity contribution in [2.45, 2.75) is 6.23 Å². The van der Waals surface area contributed by atoms with Crippen LogP contribution in [-0.4, -0.2) is 34.9 Å². The predicted molar refractivity (Wildman–Crippen MR) is 41.4 cm³/mol. The van der Waals surface area contributed by atoms with Gasteiger partial charge in [0, 0.05) is 11.6 Å². The fourth-order valence-corrected chi connectivity index (χ4v) is 1.55. The molecule has 1 N–H and O–H groups in total. The van der Waals surface area contributed by atoms with Gasteiger partial charge in [-0.3, -0.25) is 4.90 Å². The van der Waals surface area contributed by atoms with Crippen LogP contribution in [0.2, 0.25) is 0 Å². The number of hydrogen-bond acceptors (Lipinski definition) is 3. The SMILES string of the molecule is Br.CN1CSCC1O. The summed E-state index contributed by atoms with van der Waals surface area (Å²) in [6.07, 6.45) is -0.190. The number of aliphatic hydroxyl groups excluding tert-OH is 1. The number of nitrogens with zero attached hydrogens (tertiary/aromatic N) is 1. The molecule has 1 heterocycles. The van der Waals surface area contributed by atoms with Gasteiger partial charge in [-0.2, -0.15) is 0 Å². The van der Waals surface area contributed by atoms with Crippen LogP contribution in [0.5, 0.6) is 0 Å². The summed E-state index contributed by atoms with van der Waals surface area (Å²) in [4.78, 5) is 1.92. The van der Waals surface area contributed by atoms with Crippen LogP contribution in [0.3, 0.4) is 0 Å². The Labute approximate surface area is 64.0 Å². The molecule has 1 aliphatic heterocycles. The van der Waals surface area contributed by atoms with E-state index in [1.807, 2.05) is 11.9 Å². The van der Waals surface area contributed by atoms with Crippen LogP contribution < -0.4 is 0 Å². The molecule has 0 aromatic heterocycles. The van der Waals surface area contributed by atoms with Crippen molar-refractivity contribution in [2.75, 3.05) is 18.7 Å². The Morgan fingerprint density at radius 2 is 2.38 bits per heavy atom. The average molecular weight is 200 g/mol. The lowest BCUT2D eigenvalue weighted by Crippen LogP contribution is -2.25. The first-order valence-electron chi connectivity index (χ1n) is 2.27. The van der Waals surface area contributed by atoms with E-state index in [0.29, 0.717) is 0 Å². The molecule has 8 heavy (non-hydrogen) atoms. The zero-order valence-corrected chi connectivity index (χ0v) is 7.23. The minimum Gasteiger partial charge on any atom is -0.377 e. The first-order valence-corrected chi connectivity index (χ1v) is 3.42. The molecule has 0 aromatic rings. The van der Waals surface area contributed by atoms with Gasteiger partial charge in [-0.25, -0.2) is 0 Å². The number of hydrogen-bond donors (Lipinski definition) is 1. The Morgan fingerprint density at radius 3 is 2.50 bits per heavy atom. The fraction of sp³-hybridized carbons (Fsp3) is 1.00. The summed E-state index contributed by atoms with van der Waals surface area (Å²) in [5.74, 6) is 1.84. The van der Waals surface area contributed by atoms with E-state index in [-0.39, 0.29) is 23.2 Å². The minimum absolute atomic E-state index is 0. The van der Waals surface area contributed by atoms with Gasteiger partial charge in [-0.05, 0) is 7.05 Å². The Hall–Kier alpha value is 0.750. The van der Waals surface area contributed by atoms with Crippen molar-refractivity contribution in [1.82, 2.24) is 4.90 Å². The molecule has 0 aliphatic carbocycles. The van der Waals surface area contributed by atoms with Crippen LogP contribution >= 0.6 is 28.7 Å². The third-order valence-electron chi connectivity index (χ3n) is 1.07. The lowest BCUT2D eigenvalue weighted by atomic mass is 10.6. The van der Waals surface area contributed by atoms with E-state index in [4.69, 9.17) is 5.11 Å². The van der Waals surface area contributed by atoms with E-state index in [1.165, 1.54) is 0 Å². The van der Waals surface area contributed by atoms with Gasteiger partial charge in [-0.15, -0.1) is 28.7 Å². The molecule has 1 unspecified atom stereocenters. The summed E-state index contributed by atoms with van der Waals surface area (Å²) in [6, 6.07) is 0. The van der Waals surface area contributed by atoms with Crippen LogP contribution in [0.1, 0.15) is 0 Å². The average Bonchev–Trinajstić information content (AvgIpc) is 1.91. The molecule has 1 rings (SSSR count). The molecule has 0 spiro atoms. The van der Waals surface area contributed by atoms with Gasteiger partial charge in [-0.1, -0.05) is 0 Å². The van der Waals surface area contributed by atoms with Gasteiger partial charge in [0.2, 0.25) is 0 Å². The molecule has 1 fully saturated rings. The molecule has 4 heteroatoms. The van der Waals surface area contributed by atoms with Gasteiger partial charge in [0.05, 0.1) is 0 Å². The molecule has 0 amide bonds. The molecule has 0 bridgehead atoms. The maximum absolute atomic E-state index is 8.90. The molecule has 0 radical (unpaired) electrons. The van der Waals surface area contributed by atoms with E-state index in [1.54, 1.807) is 11.8 Å². The molecule has 1 saturated heterocycles. The number of rotatable bonds is 0. The largest absolute Gasteiger partial charge is 0.377 e. The Morgan fingerprint density at radius 1 is 1.75 bits per heavy atom. The highest BCUT2D eigenvalue weighted by Gasteiger charge is 2.16. The molecule has 50 valence electrons. The van der Waals surface area contributed by atoms with Crippen molar-refractivity contribution in [3.8, 4) is 0 Å². The molecule has 0 aromatic carbocycles. The third kappa shape index (κ3) is 1.93. The molecule has 0 saturated carbocycles. The number of aliphatic hydroxyl groups is 1. The topological polar surface area (TPSA) is 23.5 Å². The Balaban J connectivity index is 0.000000490. The van der Waals surface area contributed by atoms with Crippen molar-refractivity contribution in [3.05, 3.63) is 0 Å². The van der Waals surface area contributed by atoms with Crippen LogP contribution in [0.25, 0.3) is 0 Å². The van der Waals surface area contributed by atoms with Gasteiger partial charge in [0.15, 0.2) is 0 Å². The first kappa shape index (κ1) is 8.75. The molecule has 1 atom stereocenters. The van der Waals surface area contributed by atoms with Crippen LogP contribution in [0.15, 0.2) is 0 Å². The van der Waals surface area contributed by atoms with Crippen molar-refractivity contribution in [3.63, 3.8) is 0 Å². The van der Waals surface area contributed by atoms with Gasteiger partial charge in [0.25, 0.3) is 0 Å². The number of halogens is 1. The summed E-state index contributed by atoms with van der Waals surface area (Å²) in [5.41, 5.74) is 0. The Bertz CT molecular complexity index is 65.1. The standard InChI is InChI=1S/C4H9NOS.BrH/c1-5-3-7-2-4(5)6;/h4,6H,2-3H2,1H3;1H. The second-order valence-corrected chi connectivity index (χ2v) is 2.74. The smallest absolute Gasteiger partial charge is 0.116 e. The van der Waals surface area contributed by atoms with Gasteiger partial charge < -0.3 is 5.11 Å². The highest BCUT2D eigenvalue weighted by molar-refractivity contribution is 8.93. The third-order valence-corrected chi connectivity index (χ3v) is 2.19. The summed E-state index contributed by atoms with van der Waals surface area (Å²) in [6.45, 7) is 0. The lowest BCUT2D eigenvalue weighted by molar-refractivity contribution is 0.0671. The van der Waals surface area contributed by atoms with Crippen LogP contribution in [0.4, 0.5) is 0 Å². The van der Waals surface area contributed by atoms with E-state index < -0.39 is 0 Å². The Kier molecular flexibility index (Phi) is 4.06. The van der Waals surface area contributed by atoms with Gasteiger partial charge >= 0.3 is 0 Å². The van der Waals surface area contributed by atoms with Crippen molar-refractivity contribution >= 4 is 28.7 Å². The molecule has 1 aliphatic rings. The van der Waals surface area contributed by atoms with E-state index >= 15 is 0 Å². The maximum Gasteiger partial charge on any atom is 0.116 e. The zero-order chi connectivity index (χ0) is 5.28. The van der Waals surface area contributed by atoms with Crippen molar-refractivity contribution < 1.29 is 5.11 Å². The maximum atomic E-state index is 8.90. The summed E-state index contributed by atoms with van der Waals surface area (Å²) < 4.78 is 0. The monoisotopic (exact) mass is 199 g/mol. The molecular weight excluding hydrogens is 190 g/mol. The quantitative estimate of drug-likeness (QED) is 0.616. The first-order chi connectivity index (χ1) is 3.30. The highest BCUT2D eigenvalue weighted by Crippen LogP contribution is 2.15. The van der Waals surface area contributed by atoms with Gasteiger partial charge in [0.1, 0.15) is 6.23 Å². The van der Waals surface area contributed by atoms with Crippen LogP contribution in [-0.2, 0) is 0 Å². The van der Waals surface area contributed by atoms with E-state index in [2.05, 4.69) is 0 Å². The predicted octanol–water partition coefficient (Wildman–Crippen LogP) is 0.519. The van der Waals surface area contributed by atoms with Crippen LogP contribution in [0, 0.1) is 0 Å². The summed E-state index contributed by atoms with van der Waals surface area (Å²) >= 11 is 1.77. The fourth-order valence-electron chi connectivity index (χ4n) is 0.515. The number of thioether (sulfide) groups is 1. The summed E-state index contributed by atoms with van der Waals surface area (Å²) in [7, 11) is 1.92. The second kappa shape index (κ2) is 3.71. The lowest BCUT2D eigenvalue weighted by Gasteiger charge is -2.09. The van der Waals surface area contributed by atoms with E-state index in [0.717, 1.165) is 11.6 Å². The van der Waals surface area contributed by atoms with E-state index in [9.17, 15) is 0 Å². The van der Waals surface area contributed by atoms with Crippen molar-refractivity contribution in [2.24, 2.45) is 0 Å². The highest BCUT2D eigenvalue weighted by atomic mass is 79.9.